The number of nitrogens with one attached hydrogen (secondary N) is 1. The zero-order valence-corrected chi connectivity index (χ0v) is 17.2. The molecule has 3 amide bonds. The van der Waals surface area contributed by atoms with Crippen LogP contribution in [0.2, 0.25) is 0 Å². The van der Waals surface area contributed by atoms with Crippen LogP contribution in [0.1, 0.15) is 23.7 Å². The highest BCUT2D eigenvalue weighted by Crippen LogP contribution is 2.33. The molecule has 0 bridgehead atoms. The molecule has 0 radical (unpaired) electrons. The molecule has 1 aliphatic rings. The van der Waals surface area contributed by atoms with E-state index in [-0.39, 0.29) is 12.1 Å². The topological polar surface area (TPSA) is 62.3 Å². The number of carbonyl (C=O) groups excluding carboxylic acids is 2. The first kappa shape index (κ1) is 21.9. The van der Waals surface area contributed by atoms with Gasteiger partial charge in [-0.3, -0.25) is 9.69 Å². The number of nitrogens with zero attached hydrogens (tertiary/aromatic N) is 2. The van der Waals surface area contributed by atoms with Crippen molar-refractivity contribution in [1.29, 1.82) is 0 Å². The lowest BCUT2D eigenvalue weighted by molar-refractivity contribution is -0.137. The van der Waals surface area contributed by atoms with Gasteiger partial charge in [-0.1, -0.05) is 18.2 Å². The fraction of sp³-hybridized carbons (Fsp3) is 0.190. The van der Waals surface area contributed by atoms with E-state index >= 15 is 0 Å². The summed E-state index contributed by atoms with van der Waals surface area (Å²) < 4.78 is 65.1. The summed E-state index contributed by atoms with van der Waals surface area (Å²) in [5, 5.41) is 4.49. The third-order valence-electron chi connectivity index (χ3n) is 5.10. The van der Waals surface area contributed by atoms with Crippen LogP contribution in [-0.2, 0) is 23.1 Å². The van der Waals surface area contributed by atoms with Crippen LogP contribution in [-0.4, -0.2) is 21.8 Å². The average Bonchev–Trinajstić information content (AvgIpc) is 3.29. The van der Waals surface area contributed by atoms with E-state index in [1.165, 1.54) is 25.1 Å². The van der Waals surface area contributed by atoms with Crippen LogP contribution in [0.25, 0.3) is 10.6 Å². The number of amides is 3. The number of carbonyl (C=O) groups is 2. The van der Waals surface area contributed by atoms with Gasteiger partial charge < -0.3 is 5.32 Å². The van der Waals surface area contributed by atoms with Crippen molar-refractivity contribution < 1.29 is 31.5 Å². The van der Waals surface area contributed by atoms with E-state index < -0.39 is 40.9 Å². The van der Waals surface area contributed by atoms with E-state index in [0.29, 0.717) is 16.3 Å². The smallest absolute Gasteiger partial charge is 0.319 e. The molecule has 1 aliphatic heterocycles. The van der Waals surface area contributed by atoms with Gasteiger partial charge in [0.05, 0.1) is 17.8 Å². The van der Waals surface area contributed by atoms with E-state index in [1.54, 1.807) is 5.38 Å². The maximum atomic E-state index is 13.6. The number of imide groups is 1. The third kappa shape index (κ3) is 3.83. The van der Waals surface area contributed by atoms with Crippen molar-refractivity contribution in [2.45, 2.75) is 25.2 Å². The van der Waals surface area contributed by atoms with Gasteiger partial charge in [0.15, 0.2) is 11.6 Å². The van der Waals surface area contributed by atoms with Gasteiger partial charge in [-0.15, -0.1) is 11.3 Å². The number of halogens is 5. The largest absolute Gasteiger partial charge is 0.416 e. The number of hydrogen-bond donors (Lipinski definition) is 1. The maximum Gasteiger partial charge on any atom is 0.416 e. The predicted octanol–water partition coefficient (Wildman–Crippen LogP) is 5.07. The molecule has 5 nitrogen and oxygen atoms in total. The van der Waals surface area contributed by atoms with Crippen molar-refractivity contribution in [1.82, 2.24) is 15.2 Å². The number of alkyl halides is 3. The van der Waals surface area contributed by atoms with Crippen molar-refractivity contribution >= 4 is 23.3 Å². The van der Waals surface area contributed by atoms with Crippen LogP contribution < -0.4 is 5.32 Å². The summed E-state index contributed by atoms with van der Waals surface area (Å²) in [7, 11) is 0. The molecular formula is C21H14F5N3O2S. The summed E-state index contributed by atoms with van der Waals surface area (Å²) in [4.78, 5) is 30.6. The summed E-state index contributed by atoms with van der Waals surface area (Å²) in [6, 6.07) is 6.68. The standard InChI is InChI=1S/C21H14F5N3O2S/c1-20(13-6-7-15(22)16(23)8-13)18(30)29(19(31)28-20)9-14-10-32-17(27-14)11-2-4-12(5-3-11)21(24,25)26/h2-8,10H,9H2,1H3,(H,28,31). The Balaban J connectivity index is 1.54. The third-order valence-corrected chi connectivity index (χ3v) is 6.04. The molecule has 1 N–H and O–H groups in total. The lowest BCUT2D eigenvalue weighted by Crippen LogP contribution is -2.41. The predicted molar refractivity (Wildman–Crippen MR) is 105 cm³/mol. The molecule has 3 aromatic rings. The van der Waals surface area contributed by atoms with E-state index in [0.717, 1.165) is 40.5 Å². The Hall–Kier alpha value is -3.34. The Morgan fingerprint density at radius 1 is 1.06 bits per heavy atom. The Bertz CT molecular complexity index is 1210. The molecule has 2 heterocycles. The zero-order chi connectivity index (χ0) is 23.3. The summed E-state index contributed by atoms with van der Waals surface area (Å²) in [5.41, 5.74) is -1.48. The zero-order valence-electron chi connectivity index (χ0n) is 16.3. The van der Waals surface area contributed by atoms with Gasteiger partial charge in [-0.2, -0.15) is 13.2 Å². The van der Waals surface area contributed by atoms with Gasteiger partial charge in [0, 0.05) is 10.9 Å². The number of rotatable bonds is 4. The highest BCUT2D eigenvalue weighted by Gasteiger charge is 2.49. The van der Waals surface area contributed by atoms with Crippen LogP contribution in [0.5, 0.6) is 0 Å². The van der Waals surface area contributed by atoms with Gasteiger partial charge in [-0.25, -0.2) is 18.6 Å². The second-order valence-corrected chi connectivity index (χ2v) is 8.15. The Kier molecular flexibility index (Phi) is 5.24. The molecule has 1 atom stereocenters. The lowest BCUT2D eigenvalue weighted by Gasteiger charge is -2.22. The number of aromatic nitrogens is 1. The van der Waals surface area contributed by atoms with Crippen LogP contribution in [0.15, 0.2) is 47.8 Å². The van der Waals surface area contributed by atoms with Gasteiger partial charge in [0.1, 0.15) is 10.5 Å². The first-order valence-corrected chi connectivity index (χ1v) is 10.1. The summed E-state index contributed by atoms with van der Waals surface area (Å²) in [6.07, 6.45) is -4.45. The Labute approximate surface area is 182 Å². The molecule has 1 aromatic heterocycles. The Morgan fingerprint density at radius 3 is 2.38 bits per heavy atom. The number of hydrogen-bond acceptors (Lipinski definition) is 4. The summed E-state index contributed by atoms with van der Waals surface area (Å²) >= 11 is 1.15. The molecule has 2 aromatic carbocycles. The highest BCUT2D eigenvalue weighted by atomic mass is 32.1. The summed E-state index contributed by atoms with van der Waals surface area (Å²) in [6.45, 7) is 1.19. The van der Waals surface area contributed by atoms with Crippen LogP contribution in [0, 0.1) is 11.6 Å². The van der Waals surface area contributed by atoms with E-state index in [2.05, 4.69) is 10.3 Å². The molecule has 1 fully saturated rings. The molecule has 1 unspecified atom stereocenters. The SMILES string of the molecule is CC1(c2ccc(F)c(F)c2)NC(=O)N(Cc2csc(-c3ccc(C(F)(F)F)cc3)n2)C1=O. The van der Waals surface area contributed by atoms with Crippen molar-refractivity contribution in [2.75, 3.05) is 0 Å². The van der Waals surface area contributed by atoms with E-state index in [9.17, 15) is 31.5 Å². The van der Waals surface area contributed by atoms with Crippen molar-refractivity contribution in [3.63, 3.8) is 0 Å². The molecule has 166 valence electrons. The van der Waals surface area contributed by atoms with Gasteiger partial charge in [-0.05, 0) is 36.8 Å². The molecule has 0 saturated carbocycles. The second kappa shape index (κ2) is 7.66. The van der Waals surface area contributed by atoms with Crippen LogP contribution >= 0.6 is 11.3 Å². The van der Waals surface area contributed by atoms with E-state index in [4.69, 9.17) is 0 Å². The van der Waals surface area contributed by atoms with Crippen molar-refractivity contribution in [2.24, 2.45) is 0 Å². The average molecular weight is 467 g/mol. The minimum atomic E-state index is -4.45. The highest BCUT2D eigenvalue weighted by molar-refractivity contribution is 7.13. The van der Waals surface area contributed by atoms with Crippen LogP contribution in [0.4, 0.5) is 26.7 Å². The molecule has 0 aliphatic carbocycles. The molecular weight excluding hydrogens is 453 g/mol. The quantitative estimate of drug-likeness (QED) is 0.430. The van der Waals surface area contributed by atoms with Gasteiger partial charge in [0.25, 0.3) is 5.91 Å². The first-order valence-electron chi connectivity index (χ1n) is 9.21. The summed E-state index contributed by atoms with van der Waals surface area (Å²) in [5.74, 6) is -2.90. The van der Waals surface area contributed by atoms with Crippen molar-refractivity contribution in [3.05, 3.63) is 76.3 Å². The van der Waals surface area contributed by atoms with Gasteiger partial charge >= 0.3 is 12.2 Å². The Morgan fingerprint density at radius 2 is 1.75 bits per heavy atom. The molecule has 11 heteroatoms. The fourth-order valence-electron chi connectivity index (χ4n) is 3.32. The number of urea groups is 1. The van der Waals surface area contributed by atoms with E-state index in [1.807, 2.05) is 0 Å². The minimum absolute atomic E-state index is 0.0842. The first-order chi connectivity index (χ1) is 15.0. The maximum absolute atomic E-state index is 13.6. The van der Waals surface area contributed by atoms with Crippen molar-refractivity contribution in [3.8, 4) is 10.6 Å². The van der Waals surface area contributed by atoms with Gasteiger partial charge in [0.2, 0.25) is 0 Å². The molecule has 4 rings (SSSR count). The fourth-order valence-corrected chi connectivity index (χ4v) is 4.14. The molecule has 1 saturated heterocycles. The number of thiazole rings is 1. The second-order valence-electron chi connectivity index (χ2n) is 7.29. The number of benzene rings is 2. The molecule has 0 spiro atoms. The van der Waals surface area contributed by atoms with Crippen LogP contribution in [0.3, 0.4) is 0 Å². The monoisotopic (exact) mass is 467 g/mol. The normalized spacial score (nSPS) is 18.9. The minimum Gasteiger partial charge on any atom is -0.319 e. The lowest BCUT2D eigenvalue weighted by atomic mass is 9.92. The molecule has 32 heavy (non-hydrogen) atoms.